The zero-order valence-corrected chi connectivity index (χ0v) is 18.2. The molecular weight excluding hydrogens is 406 g/mol. The molecule has 1 N–H and O–H groups in total. The minimum absolute atomic E-state index is 0.123. The van der Waals surface area contributed by atoms with Gasteiger partial charge in [-0.2, -0.15) is 14.6 Å². The van der Waals surface area contributed by atoms with Gasteiger partial charge in [0.05, 0.1) is 13.2 Å². The highest BCUT2D eigenvalue weighted by Crippen LogP contribution is 2.39. The lowest BCUT2D eigenvalue weighted by molar-refractivity contribution is 0.121. The molecule has 4 heterocycles. The molecule has 0 atom stereocenters. The summed E-state index contributed by atoms with van der Waals surface area (Å²) in [5.74, 6) is 2.60. The van der Waals surface area contributed by atoms with Crippen molar-refractivity contribution in [2.45, 2.75) is 56.6 Å². The van der Waals surface area contributed by atoms with Gasteiger partial charge in [-0.05, 0) is 56.1 Å². The topological polar surface area (TPSA) is 89.7 Å². The lowest BCUT2D eigenvalue weighted by atomic mass is 9.93. The largest absolute Gasteiger partial charge is 0.460 e. The van der Waals surface area contributed by atoms with Crippen molar-refractivity contribution in [2.24, 2.45) is 0 Å². The smallest absolute Gasteiger partial charge is 0.321 e. The Kier molecular flexibility index (Phi) is 5.26. The molecule has 0 amide bonds. The number of morpholine rings is 1. The Morgan fingerprint density at radius 1 is 1.00 bits per heavy atom. The standard InChI is InChI=1S/C23H29N7O2/c1-2-16(1)17-3-8-20(24-14-17)27-18-4-6-19(7-5-18)32-23-28-22(29-9-11-31-12-10-29)13-21-25-15-26-30(21)23/h3,8,13-16,18-19H,1-2,4-7,9-12H2,(H,24,27)/t18-,19+. The van der Waals surface area contributed by atoms with Crippen LogP contribution in [0.1, 0.15) is 50.0 Å². The highest BCUT2D eigenvalue weighted by Gasteiger charge is 2.26. The van der Waals surface area contributed by atoms with E-state index >= 15 is 0 Å². The van der Waals surface area contributed by atoms with Crippen molar-refractivity contribution in [3.63, 3.8) is 0 Å². The van der Waals surface area contributed by atoms with E-state index in [1.165, 1.54) is 18.4 Å². The number of fused-ring (bicyclic) bond motifs is 1. The minimum Gasteiger partial charge on any atom is -0.460 e. The van der Waals surface area contributed by atoms with Crippen molar-refractivity contribution in [3.8, 4) is 6.01 Å². The van der Waals surface area contributed by atoms with Gasteiger partial charge >= 0.3 is 6.01 Å². The summed E-state index contributed by atoms with van der Waals surface area (Å²) in [6.07, 6.45) is 10.3. The Hall–Kier alpha value is -2.94. The fourth-order valence-corrected chi connectivity index (χ4v) is 4.65. The second kappa shape index (κ2) is 8.54. The van der Waals surface area contributed by atoms with E-state index < -0.39 is 0 Å². The van der Waals surface area contributed by atoms with E-state index in [0.717, 1.165) is 62.0 Å². The van der Waals surface area contributed by atoms with Crippen molar-refractivity contribution in [3.05, 3.63) is 36.3 Å². The average molecular weight is 436 g/mol. The molecule has 9 heteroatoms. The van der Waals surface area contributed by atoms with Crippen molar-refractivity contribution in [2.75, 3.05) is 36.5 Å². The van der Waals surface area contributed by atoms with E-state index in [-0.39, 0.29) is 6.10 Å². The zero-order valence-electron chi connectivity index (χ0n) is 18.2. The van der Waals surface area contributed by atoms with E-state index in [1.807, 2.05) is 12.3 Å². The maximum absolute atomic E-state index is 6.35. The summed E-state index contributed by atoms with van der Waals surface area (Å²) in [5.41, 5.74) is 2.13. The van der Waals surface area contributed by atoms with E-state index in [4.69, 9.17) is 14.5 Å². The number of rotatable bonds is 6. The number of hydrogen-bond donors (Lipinski definition) is 1. The number of nitrogens with one attached hydrogen (secondary N) is 1. The molecule has 1 saturated heterocycles. The number of pyridine rings is 1. The zero-order chi connectivity index (χ0) is 21.3. The molecule has 0 aromatic carbocycles. The maximum Gasteiger partial charge on any atom is 0.321 e. The molecule has 3 aromatic heterocycles. The Balaban J connectivity index is 1.09. The molecule has 168 valence electrons. The first-order valence-electron chi connectivity index (χ1n) is 11.7. The first-order chi connectivity index (χ1) is 15.8. The summed E-state index contributed by atoms with van der Waals surface area (Å²) < 4.78 is 13.5. The summed E-state index contributed by atoms with van der Waals surface area (Å²) in [5, 5.41) is 7.92. The van der Waals surface area contributed by atoms with Crippen LogP contribution in [-0.2, 0) is 4.74 Å². The van der Waals surface area contributed by atoms with E-state index in [9.17, 15) is 0 Å². The molecule has 3 aromatic rings. The predicted octanol–water partition coefficient (Wildman–Crippen LogP) is 3.04. The number of nitrogens with zero attached hydrogens (tertiary/aromatic N) is 6. The second-order valence-electron chi connectivity index (χ2n) is 9.01. The van der Waals surface area contributed by atoms with Crippen LogP contribution in [0.25, 0.3) is 5.65 Å². The van der Waals surface area contributed by atoms with Gasteiger partial charge in [-0.1, -0.05) is 6.07 Å². The van der Waals surface area contributed by atoms with E-state index in [1.54, 1.807) is 10.8 Å². The summed E-state index contributed by atoms with van der Waals surface area (Å²) in [4.78, 5) is 16.0. The van der Waals surface area contributed by atoms with Gasteiger partial charge in [-0.3, -0.25) is 0 Å². The molecular formula is C23H29N7O2. The van der Waals surface area contributed by atoms with Gasteiger partial charge in [0.25, 0.3) is 0 Å². The van der Waals surface area contributed by atoms with Gasteiger partial charge in [0.1, 0.15) is 24.1 Å². The maximum atomic E-state index is 6.35. The quantitative estimate of drug-likeness (QED) is 0.632. The van der Waals surface area contributed by atoms with Crippen LogP contribution in [0.15, 0.2) is 30.7 Å². The Morgan fingerprint density at radius 3 is 2.59 bits per heavy atom. The molecule has 6 rings (SSSR count). The summed E-state index contributed by atoms with van der Waals surface area (Å²) in [6, 6.07) is 7.26. The number of aromatic nitrogens is 5. The highest BCUT2D eigenvalue weighted by molar-refractivity contribution is 5.52. The summed E-state index contributed by atoms with van der Waals surface area (Å²) >= 11 is 0. The Bertz CT molecular complexity index is 1050. The fraction of sp³-hybridized carbons (Fsp3) is 0.565. The average Bonchev–Trinajstić information content (AvgIpc) is 3.58. The second-order valence-corrected chi connectivity index (χ2v) is 9.01. The van der Waals surface area contributed by atoms with Gasteiger partial charge in [0, 0.05) is 31.4 Å². The number of anilines is 2. The molecule has 2 saturated carbocycles. The third-order valence-electron chi connectivity index (χ3n) is 6.69. The van der Waals surface area contributed by atoms with Crippen LogP contribution in [0, 0.1) is 0 Å². The molecule has 3 fully saturated rings. The van der Waals surface area contributed by atoms with Gasteiger partial charge in [-0.25, -0.2) is 9.97 Å². The fourth-order valence-electron chi connectivity index (χ4n) is 4.65. The predicted molar refractivity (Wildman–Crippen MR) is 120 cm³/mol. The molecule has 9 nitrogen and oxygen atoms in total. The number of hydrogen-bond acceptors (Lipinski definition) is 8. The van der Waals surface area contributed by atoms with Crippen molar-refractivity contribution >= 4 is 17.3 Å². The van der Waals surface area contributed by atoms with Crippen LogP contribution < -0.4 is 15.0 Å². The first-order valence-corrected chi connectivity index (χ1v) is 11.7. The highest BCUT2D eigenvalue weighted by atomic mass is 16.5. The van der Waals surface area contributed by atoms with E-state index in [2.05, 4.69) is 37.4 Å². The normalized spacial score (nSPS) is 23.9. The molecule has 0 radical (unpaired) electrons. The molecule has 2 aliphatic carbocycles. The first kappa shape index (κ1) is 19.7. The molecule has 0 spiro atoms. The molecule has 0 unspecified atom stereocenters. The lowest BCUT2D eigenvalue weighted by Crippen LogP contribution is -2.37. The van der Waals surface area contributed by atoms with Crippen LogP contribution in [0.3, 0.4) is 0 Å². The lowest BCUT2D eigenvalue weighted by Gasteiger charge is -2.30. The monoisotopic (exact) mass is 435 g/mol. The molecule has 32 heavy (non-hydrogen) atoms. The van der Waals surface area contributed by atoms with Crippen LogP contribution in [-0.4, -0.2) is 63.0 Å². The van der Waals surface area contributed by atoms with Gasteiger partial charge in [0.15, 0.2) is 5.65 Å². The van der Waals surface area contributed by atoms with Gasteiger partial charge in [0.2, 0.25) is 0 Å². The molecule has 0 bridgehead atoms. The van der Waals surface area contributed by atoms with Crippen LogP contribution in [0.2, 0.25) is 0 Å². The summed E-state index contributed by atoms with van der Waals surface area (Å²) in [6.45, 7) is 3.07. The third kappa shape index (κ3) is 4.21. The van der Waals surface area contributed by atoms with Crippen LogP contribution in [0.5, 0.6) is 6.01 Å². The minimum atomic E-state index is 0.123. The van der Waals surface area contributed by atoms with Crippen LogP contribution >= 0.6 is 0 Å². The van der Waals surface area contributed by atoms with E-state index in [0.29, 0.717) is 25.3 Å². The Labute approximate surface area is 187 Å². The molecule has 1 aliphatic heterocycles. The Morgan fingerprint density at radius 2 is 1.84 bits per heavy atom. The van der Waals surface area contributed by atoms with Crippen molar-refractivity contribution in [1.82, 2.24) is 24.6 Å². The SMILES string of the molecule is c1nc2cc(N3CCOCC3)nc(O[C@H]3CC[C@@H](Nc4ccc(C5CC5)cn4)CC3)n2n1. The number of ether oxygens (including phenoxy) is 2. The van der Waals surface area contributed by atoms with Crippen molar-refractivity contribution in [1.29, 1.82) is 0 Å². The molecule has 3 aliphatic rings. The van der Waals surface area contributed by atoms with Crippen molar-refractivity contribution < 1.29 is 9.47 Å². The summed E-state index contributed by atoms with van der Waals surface area (Å²) in [7, 11) is 0. The van der Waals surface area contributed by atoms with Gasteiger partial charge in [-0.15, -0.1) is 0 Å². The third-order valence-corrected chi connectivity index (χ3v) is 6.69. The van der Waals surface area contributed by atoms with Crippen LogP contribution in [0.4, 0.5) is 11.6 Å². The van der Waals surface area contributed by atoms with Gasteiger partial charge < -0.3 is 19.7 Å².